The van der Waals surface area contributed by atoms with Crippen molar-refractivity contribution in [3.05, 3.63) is 12.2 Å². The quantitative estimate of drug-likeness (QED) is 0.377. The second kappa shape index (κ2) is 4.99. The Bertz CT molecular complexity index is 77.7. The number of hydrogen-bond donors (Lipinski definition) is 1. The summed E-state index contributed by atoms with van der Waals surface area (Å²) in [6.45, 7) is 4.85. The maximum absolute atomic E-state index is 9.82. The van der Waals surface area contributed by atoms with E-state index < -0.39 is 5.91 Å². The Morgan fingerprint density at radius 2 is 1.86 bits per heavy atom. The van der Waals surface area contributed by atoms with Gasteiger partial charge in [0.2, 0.25) is 5.91 Å². The van der Waals surface area contributed by atoms with E-state index in [-0.39, 0.29) is 51.4 Å². The van der Waals surface area contributed by atoms with Crippen molar-refractivity contribution in [2.45, 2.75) is 6.92 Å². The molecule has 0 aromatic heterocycles. The van der Waals surface area contributed by atoms with Crippen LogP contribution in [0.1, 0.15) is 6.92 Å². The van der Waals surface area contributed by atoms with E-state index >= 15 is 0 Å². The van der Waals surface area contributed by atoms with E-state index in [2.05, 4.69) is 6.58 Å². The van der Waals surface area contributed by atoms with Crippen molar-refractivity contribution in [1.82, 2.24) is 0 Å². The van der Waals surface area contributed by atoms with Gasteiger partial charge in [0.05, 0.1) is 0 Å². The maximum atomic E-state index is 9.82. The van der Waals surface area contributed by atoms with E-state index in [1.54, 1.807) is 6.92 Å². The Balaban J connectivity index is 0. The molecule has 7 heavy (non-hydrogen) atoms. The van der Waals surface area contributed by atoms with Gasteiger partial charge >= 0.3 is 0 Å². The van der Waals surface area contributed by atoms with Crippen LogP contribution < -0.4 is 5.73 Å². The topological polar surface area (TPSA) is 43.1 Å². The third kappa shape index (κ3) is 6.85. The zero-order valence-corrected chi connectivity index (χ0v) is 7.82. The normalized spacial score (nSPS) is 6.43. The summed E-state index contributed by atoms with van der Waals surface area (Å²) in [5.41, 5.74) is 5.09. The van der Waals surface area contributed by atoms with Crippen LogP contribution in [0.2, 0.25) is 0 Å². The number of hydrogen-bond acceptors (Lipinski definition) is 1. The molecule has 1 radical (unpaired) electrons. The van der Waals surface area contributed by atoms with Crippen molar-refractivity contribution >= 4 is 57.3 Å². The van der Waals surface area contributed by atoms with Crippen LogP contribution in [0.5, 0.6) is 0 Å². The molecule has 0 spiro atoms. The first-order valence-corrected chi connectivity index (χ1v) is 1.60. The second-order valence-electron chi connectivity index (χ2n) is 1.14. The molecule has 0 saturated heterocycles. The monoisotopic (exact) mass is 124 g/mol. The summed E-state index contributed by atoms with van der Waals surface area (Å²) in [6, 6.07) is 0. The molecule has 35 valence electrons. The van der Waals surface area contributed by atoms with E-state index in [1.807, 2.05) is 0 Å². The van der Waals surface area contributed by atoms with E-state index in [0.717, 1.165) is 0 Å². The van der Waals surface area contributed by atoms with Gasteiger partial charge in [0, 0.05) is 57.0 Å². The van der Waals surface area contributed by atoms with Gasteiger partial charge in [0.25, 0.3) is 0 Å². The zero-order valence-electron chi connectivity index (χ0n) is 4.69. The summed E-state index contributed by atoms with van der Waals surface area (Å²) in [4.78, 5) is 9.82. The van der Waals surface area contributed by atoms with E-state index in [9.17, 15) is 4.79 Å². The summed E-state index contributed by atoms with van der Waals surface area (Å²) < 4.78 is 0. The molecule has 2 N–H and O–H groups in total. The Morgan fingerprint density at radius 1 is 1.71 bits per heavy atom. The molecule has 0 aromatic carbocycles. The Hall–Kier alpha value is 0.846. The van der Waals surface area contributed by atoms with Gasteiger partial charge in [-0.2, -0.15) is 0 Å². The summed E-state index contributed by atoms with van der Waals surface area (Å²) in [7, 11) is 0. The molecule has 3 heteroatoms. The average molecular weight is 124 g/mol. The number of carbonyl (C=O) groups excluding carboxylic acids is 1. The van der Waals surface area contributed by atoms with Crippen LogP contribution in [0.15, 0.2) is 12.2 Å². The molecule has 1 amide bonds. The molecular formula is C4H7KNO. The molecule has 0 bridgehead atoms. The fourth-order valence-corrected chi connectivity index (χ4v) is 0. The van der Waals surface area contributed by atoms with E-state index in [0.29, 0.717) is 5.57 Å². The Kier molecular flexibility index (Phi) is 7.67. The van der Waals surface area contributed by atoms with Gasteiger partial charge in [0.1, 0.15) is 0 Å². The van der Waals surface area contributed by atoms with Crippen molar-refractivity contribution in [2.75, 3.05) is 0 Å². The van der Waals surface area contributed by atoms with Crippen molar-refractivity contribution < 1.29 is 4.79 Å². The second-order valence-corrected chi connectivity index (χ2v) is 1.14. The number of rotatable bonds is 1. The summed E-state index contributed by atoms with van der Waals surface area (Å²) >= 11 is 0. The summed E-state index contributed by atoms with van der Waals surface area (Å²) in [5, 5.41) is 0. The zero-order chi connectivity index (χ0) is 5.15. The maximum Gasteiger partial charge on any atom is 0.243 e. The number of primary amides is 1. The fraction of sp³-hybridized carbons (Fsp3) is 0.250. The van der Waals surface area contributed by atoms with Gasteiger partial charge in [-0.1, -0.05) is 6.58 Å². The van der Waals surface area contributed by atoms with Gasteiger partial charge in [0.15, 0.2) is 0 Å². The van der Waals surface area contributed by atoms with E-state index in [1.165, 1.54) is 0 Å². The van der Waals surface area contributed by atoms with Crippen LogP contribution in [0.4, 0.5) is 0 Å². The first-order chi connectivity index (χ1) is 2.64. The van der Waals surface area contributed by atoms with Crippen LogP contribution in [0.25, 0.3) is 0 Å². The predicted octanol–water partition coefficient (Wildman–Crippen LogP) is -0.333. The van der Waals surface area contributed by atoms with Crippen LogP contribution in [-0.2, 0) is 4.79 Å². The molecule has 0 fully saturated rings. The van der Waals surface area contributed by atoms with Gasteiger partial charge in [-0.05, 0) is 6.92 Å². The molecule has 0 atom stereocenters. The average Bonchev–Trinajstić information content (AvgIpc) is 1.36. The first kappa shape index (κ1) is 10.8. The Labute approximate surface area is 85.6 Å². The molecule has 0 heterocycles. The van der Waals surface area contributed by atoms with Crippen LogP contribution in [0.3, 0.4) is 0 Å². The molecule has 0 aliphatic heterocycles. The van der Waals surface area contributed by atoms with Crippen molar-refractivity contribution in [3.63, 3.8) is 0 Å². The molecule has 0 aliphatic rings. The van der Waals surface area contributed by atoms with Crippen LogP contribution >= 0.6 is 0 Å². The third-order valence-electron chi connectivity index (χ3n) is 0.421. The van der Waals surface area contributed by atoms with Crippen LogP contribution in [-0.4, -0.2) is 57.3 Å². The number of amides is 1. The molecule has 0 aliphatic carbocycles. The minimum absolute atomic E-state index is 0. The number of nitrogens with two attached hydrogens (primary N) is 1. The molecule has 0 unspecified atom stereocenters. The van der Waals surface area contributed by atoms with Crippen LogP contribution in [0, 0.1) is 0 Å². The summed E-state index contributed by atoms with van der Waals surface area (Å²) in [6.07, 6.45) is 0. The van der Waals surface area contributed by atoms with Gasteiger partial charge in [-0.15, -0.1) is 0 Å². The largest absolute Gasteiger partial charge is 0.366 e. The third-order valence-corrected chi connectivity index (χ3v) is 0.421. The van der Waals surface area contributed by atoms with E-state index in [4.69, 9.17) is 5.73 Å². The van der Waals surface area contributed by atoms with Gasteiger partial charge in [-0.25, -0.2) is 0 Å². The van der Waals surface area contributed by atoms with Gasteiger partial charge < -0.3 is 5.73 Å². The molecule has 0 aromatic rings. The summed E-state index contributed by atoms with van der Waals surface area (Å²) in [5.74, 6) is -0.435. The van der Waals surface area contributed by atoms with Gasteiger partial charge in [-0.3, -0.25) is 4.79 Å². The Morgan fingerprint density at radius 3 is 1.86 bits per heavy atom. The van der Waals surface area contributed by atoms with Crippen molar-refractivity contribution in [2.24, 2.45) is 5.73 Å². The van der Waals surface area contributed by atoms with Crippen molar-refractivity contribution in [1.29, 1.82) is 0 Å². The predicted molar refractivity (Wildman–Crippen MR) is 29.8 cm³/mol. The smallest absolute Gasteiger partial charge is 0.243 e. The molecule has 0 rings (SSSR count). The number of carbonyl (C=O) groups is 1. The molecular weight excluding hydrogens is 117 g/mol. The minimum atomic E-state index is -0.435. The SMILES string of the molecule is C=C(C)C(N)=O.[K]. The molecule has 2 nitrogen and oxygen atoms in total. The molecule has 0 saturated carbocycles. The van der Waals surface area contributed by atoms with Crippen molar-refractivity contribution in [3.8, 4) is 0 Å². The first-order valence-electron chi connectivity index (χ1n) is 1.60. The minimum Gasteiger partial charge on any atom is -0.366 e. The standard InChI is InChI=1S/C4H7NO.K/c1-3(2)4(5)6;/h1H2,2H3,(H2,5,6);. The fourth-order valence-electron chi connectivity index (χ4n) is 0.